The van der Waals surface area contributed by atoms with E-state index in [0.29, 0.717) is 6.42 Å². The normalized spacial score (nSPS) is 26.3. The highest BCUT2D eigenvalue weighted by Crippen LogP contribution is 2.26. The van der Waals surface area contributed by atoms with Gasteiger partial charge in [-0.15, -0.1) is 0 Å². The van der Waals surface area contributed by atoms with E-state index in [4.69, 9.17) is 9.47 Å². The standard InChI is InChI=1S/C9H16N2O4/c1-5-9(7(14-3)15-4)6(12)11(2)8(13)10-9/h7H,5H2,1-4H3,(H,10,13). The van der Waals surface area contributed by atoms with Crippen molar-refractivity contribution in [3.63, 3.8) is 0 Å². The Hall–Kier alpha value is -1.14. The average Bonchev–Trinajstić information content (AvgIpc) is 2.46. The van der Waals surface area contributed by atoms with Crippen molar-refractivity contribution < 1.29 is 19.1 Å². The fraction of sp³-hybridized carbons (Fsp3) is 0.778. The molecule has 0 aromatic carbocycles. The Kier molecular flexibility index (Phi) is 3.31. The highest BCUT2D eigenvalue weighted by atomic mass is 16.7. The van der Waals surface area contributed by atoms with Crippen LogP contribution in [-0.2, 0) is 14.3 Å². The Bertz CT molecular complexity index is 277. The van der Waals surface area contributed by atoms with Crippen molar-refractivity contribution in [2.45, 2.75) is 25.2 Å². The van der Waals surface area contributed by atoms with Crippen LogP contribution < -0.4 is 5.32 Å². The van der Waals surface area contributed by atoms with E-state index in [2.05, 4.69) is 5.32 Å². The molecule has 1 rings (SSSR count). The number of methoxy groups -OCH3 is 2. The highest BCUT2D eigenvalue weighted by molar-refractivity contribution is 6.07. The summed E-state index contributed by atoms with van der Waals surface area (Å²) in [5, 5.41) is 2.61. The summed E-state index contributed by atoms with van der Waals surface area (Å²) in [5.41, 5.74) is -1.10. The Morgan fingerprint density at radius 3 is 2.20 bits per heavy atom. The molecule has 0 radical (unpaired) electrons. The van der Waals surface area contributed by atoms with Crippen molar-refractivity contribution in [2.75, 3.05) is 21.3 Å². The van der Waals surface area contributed by atoms with E-state index in [1.807, 2.05) is 0 Å². The summed E-state index contributed by atoms with van der Waals surface area (Å²) < 4.78 is 10.1. The van der Waals surface area contributed by atoms with Gasteiger partial charge < -0.3 is 14.8 Å². The van der Waals surface area contributed by atoms with Gasteiger partial charge in [-0.3, -0.25) is 9.69 Å². The molecule has 1 aliphatic rings. The second-order valence-electron chi connectivity index (χ2n) is 3.42. The predicted octanol–water partition coefficient (Wildman–Crippen LogP) is -0.0643. The van der Waals surface area contributed by atoms with E-state index < -0.39 is 17.9 Å². The zero-order valence-electron chi connectivity index (χ0n) is 9.36. The zero-order chi connectivity index (χ0) is 11.6. The number of hydrogen-bond acceptors (Lipinski definition) is 4. The van der Waals surface area contributed by atoms with E-state index in [-0.39, 0.29) is 5.91 Å². The molecule has 6 nitrogen and oxygen atoms in total. The first-order valence-electron chi connectivity index (χ1n) is 4.69. The summed E-state index contributed by atoms with van der Waals surface area (Å²) in [5.74, 6) is -0.330. The van der Waals surface area contributed by atoms with E-state index in [1.165, 1.54) is 21.3 Å². The molecule has 0 aliphatic carbocycles. The molecule has 1 N–H and O–H groups in total. The van der Waals surface area contributed by atoms with Crippen LogP contribution in [0.3, 0.4) is 0 Å². The minimum absolute atomic E-state index is 0.330. The minimum atomic E-state index is -1.10. The van der Waals surface area contributed by atoms with Gasteiger partial charge in [-0.1, -0.05) is 6.92 Å². The number of nitrogens with one attached hydrogen (secondary N) is 1. The molecule has 15 heavy (non-hydrogen) atoms. The number of nitrogens with zero attached hydrogens (tertiary/aromatic N) is 1. The molecule has 0 saturated carbocycles. The number of hydrogen-bond donors (Lipinski definition) is 1. The third-order valence-corrected chi connectivity index (χ3v) is 2.71. The number of rotatable bonds is 4. The maximum absolute atomic E-state index is 11.9. The van der Waals surface area contributed by atoms with Crippen LogP contribution in [0.25, 0.3) is 0 Å². The molecule has 1 saturated heterocycles. The monoisotopic (exact) mass is 216 g/mol. The lowest BCUT2D eigenvalue weighted by Crippen LogP contribution is -2.57. The Morgan fingerprint density at radius 2 is 1.93 bits per heavy atom. The largest absolute Gasteiger partial charge is 0.353 e. The maximum atomic E-state index is 11.9. The summed E-state index contributed by atoms with van der Waals surface area (Å²) in [7, 11) is 4.30. The molecule has 86 valence electrons. The third-order valence-electron chi connectivity index (χ3n) is 2.71. The van der Waals surface area contributed by atoms with Gasteiger partial charge in [-0.05, 0) is 6.42 Å². The smallest absolute Gasteiger partial charge is 0.324 e. The molecule has 0 spiro atoms. The van der Waals surface area contributed by atoms with Gasteiger partial charge in [0.05, 0.1) is 0 Å². The topological polar surface area (TPSA) is 67.9 Å². The second-order valence-corrected chi connectivity index (χ2v) is 3.42. The van der Waals surface area contributed by atoms with Gasteiger partial charge in [0.1, 0.15) is 0 Å². The van der Waals surface area contributed by atoms with Crippen LogP contribution in [0.15, 0.2) is 0 Å². The van der Waals surface area contributed by atoms with E-state index >= 15 is 0 Å². The van der Waals surface area contributed by atoms with Crippen molar-refractivity contribution in [3.05, 3.63) is 0 Å². The Balaban J connectivity index is 3.05. The van der Waals surface area contributed by atoms with Crippen LogP contribution in [-0.4, -0.2) is 49.9 Å². The van der Waals surface area contributed by atoms with Gasteiger partial charge in [0, 0.05) is 21.3 Å². The number of imide groups is 1. The second kappa shape index (κ2) is 4.16. The van der Waals surface area contributed by atoms with Gasteiger partial charge in [-0.25, -0.2) is 4.79 Å². The maximum Gasteiger partial charge on any atom is 0.324 e. The van der Waals surface area contributed by atoms with Crippen molar-refractivity contribution in [1.29, 1.82) is 0 Å². The first-order chi connectivity index (χ1) is 7.03. The molecule has 0 aromatic heterocycles. The number of carbonyl (C=O) groups is 2. The lowest BCUT2D eigenvalue weighted by atomic mass is 9.95. The van der Waals surface area contributed by atoms with Crippen molar-refractivity contribution in [3.8, 4) is 0 Å². The molecule has 0 bridgehead atoms. The number of likely N-dealkylation sites (N-methyl/N-ethyl adjacent to an activating group) is 1. The van der Waals surface area contributed by atoms with Crippen molar-refractivity contribution in [2.24, 2.45) is 0 Å². The minimum Gasteiger partial charge on any atom is -0.353 e. The Morgan fingerprint density at radius 1 is 1.40 bits per heavy atom. The molecular formula is C9H16N2O4. The third kappa shape index (κ3) is 1.59. The van der Waals surface area contributed by atoms with Gasteiger partial charge in [0.15, 0.2) is 11.8 Å². The average molecular weight is 216 g/mol. The van der Waals surface area contributed by atoms with Crippen molar-refractivity contribution >= 4 is 11.9 Å². The molecule has 1 atom stereocenters. The molecule has 0 aromatic rings. The first kappa shape index (κ1) is 11.9. The summed E-state index contributed by atoms with van der Waals surface area (Å²) in [6.07, 6.45) is -0.363. The SMILES string of the molecule is CCC1(C(OC)OC)NC(=O)N(C)C1=O. The number of amides is 3. The van der Waals surface area contributed by atoms with Crippen LogP contribution in [0.1, 0.15) is 13.3 Å². The fourth-order valence-electron chi connectivity index (χ4n) is 1.78. The first-order valence-corrected chi connectivity index (χ1v) is 4.69. The fourth-order valence-corrected chi connectivity index (χ4v) is 1.78. The van der Waals surface area contributed by atoms with Crippen LogP contribution in [0.2, 0.25) is 0 Å². The molecule has 6 heteroatoms. The number of urea groups is 1. The van der Waals surface area contributed by atoms with Crippen LogP contribution in [0.5, 0.6) is 0 Å². The van der Waals surface area contributed by atoms with E-state index in [9.17, 15) is 9.59 Å². The molecule has 1 heterocycles. The summed E-state index contributed by atoms with van der Waals surface area (Å²) in [6.45, 7) is 1.79. The van der Waals surface area contributed by atoms with Gasteiger partial charge in [-0.2, -0.15) is 0 Å². The lowest BCUT2D eigenvalue weighted by Gasteiger charge is -2.31. The van der Waals surface area contributed by atoms with Gasteiger partial charge in [0.25, 0.3) is 5.91 Å². The predicted molar refractivity (Wildman–Crippen MR) is 52.1 cm³/mol. The molecule has 1 fully saturated rings. The van der Waals surface area contributed by atoms with Crippen molar-refractivity contribution in [1.82, 2.24) is 10.2 Å². The van der Waals surface area contributed by atoms with E-state index in [1.54, 1.807) is 6.92 Å². The number of carbonyl (C=O) groups excluding carboxylic acids is 2. The molecule has 3 amide bonds. The quantitative estimate of drug-likeness (QED) is 0.528. The van der Waals surface area contributed by atoms with E-state index in [0.717, 1.165) is 4.90 Å². The molecule has 1 aliphatic heterocycles. The summed E-state index contributed by atoms with van der Waals surface area (Å²) >= 11 is 0. The van der Waals surface area contributed by atoms with Crippen LogP contribution in [0.4, 0.5) is 4.79 Å². The highest BCUT2D eigenvalue weighted by Gasteiger charge is 2.54. The summed E-state index contributed by atoms with van der Waals surface area (Å²) in [4.78, 5) is 24.3. The Labute approximate surface area is 88.5 Å². The van der Waals surface area contributed by atoms with Gasteiger partial charge >= 0.3 is 6.03 Å². The molecule has 1 unspecified atom stereocenters. The molecular weight excluding hydrogens is 200 g/mol. The van der Waals surface area contributed by atoms with Crippen LogP contribution in [0, 0.1) is 0 Å². The number of ether oxygens (including phenoxy) is 2. The lowest BCUT2D eigenvalue weighted by molar-refractivity contribution is -0.168. The van der Waals surface area contributed by atoms with Gasteiger partial charge in [0.2, 0.25) is 0 Å². The summed E-state index contributed by atoms with van der Waals surface area (Å²) in [6, 6.07) is -0.430. The van der Waals surface area contributed by atoms with Crippen LogP contribution >= 0.6 is 0 Å². The zero-order valence-corrected chi connectivity index (χ0v) is 9.36.